The normalized spacial score (nSPS) is 11.5. The van der Waals surface area contributed by atoms with Crippen molar-refractivity contribution in [3.63, 3.8) is 0 Å². The maximum atomic E-state index is 9.99. The molecule has 0 unspecified atom stereocenters. The summed E-state index contributed by atoms with van der Waals surface area (Å²) >= 11 is 1.83. The average Bonchev–Trinajstić information content (AvgIpc) is 3.44. The van der Waals surface area contributed by atoms with E-state index in [1.54, 1.807) is 0 Å². The molecule has 5 aromatic carbocycles. The molecule has 158 valence electrons. The SMILES string of the molecule is N#Cc1ccc(-c2ccc3sc4ccccc4c3c2)cc1-n1c2ccccc2c2ccccc21. The molecular weight excluding hydrogens is 432 g/mol. The molecule has 0 fully saturated rings. The zero-order valence-corrected chi connectivity index (χ0v) is 19.0. The molecule has 0 N–H and O–H groups in total. The number of thiophene rings is 1. The van der Waals surface area contributed by atoms with Crippen molar-refractivity contribution in [2.75, 3.05) is 0 Å². The van der Waals surface area contributed by atoms with Gasteiger partial charge in [-0.15, -0.1) is 11.3 Å². The van der Waals surface area contributed by atoms with Gasteiger partial charge in [0.15, 0.2) is 0 Å². The predicted octanol–water partition coefficient (Wildman–Crippen LogP) is 8.69. The van der Waals surface area contributed by atoms with E-state index in [0.717, 1.165) is 27.8 Å². The van der Waals surface area contributed by atoms with Gasteiger partial charge >= 0.3 is 0 Å². The molecule has 0 atom stereocenters. The molecule has 2 nitrogen and oxygen atoms in total. The van der Waals surface area contributed by atoms with Crippen LogP contribution in [0.5, 0.6) is 0 Å². The highest BCUT2D eigenvalue weighted by Crippen LogP contribution is 2.38. The number of para-hydroxylation sites is 2. The lowest BCUT2D eigenvalue weighted by atomic mass is 10.0. The molecule has 0 radical (unpaired) electrons. The van der Waals surface area contributed by atoms with Gasteiger partial charge in [0.2, 0.25) is 0 Å². The molecule has 0 amide bonds. The third-order valence-corrected chi connectivity index (χ3v) is 7.80. The number of aromatic nitrogens is 1. The summed E-state index contributed by atoms with van der Waals surface area (Å²) in [4.78, 5) is 0. The van der Waals surface area contributed by atoms with Gasteiger partial charge in [-0.2, -0.15) is 5.26 Å². The lowest BCUT2D eigenvalue weighted by Gasteiger charge is -2.12. The van der Waals surface area contributed by atoms with Crippen LogP contribution in [0.2, 0.25) is 0 Å². The Hall–Kier alpha value is -4.39. The Morgan fingerprint density at radius 1 is 0.559 bits per heavy atom. The molecule has 2 aromatic heterocycles. The Balaban J connectivity index is 1.50. The van der Waals surface area contributed by atoms with E-state index in [2.05, 4.69) is 114 Å². The number of hydrogen-bond donors (Lipinski definition) is 0. The standard InChI is InChI=1S/C31H18N2S/c32-19-22-14-13-21(20-15-16-31-26(17-20)25-9-3-6-12-30(25)34-31)18-29(22)33-27-10-4-1-7-23(27)24-8-2-5-11-28(24)33/h1-18H. The van der Waals surface area contributed by atoms with E-state index in [0.29, 0.717) is 5.56 Å². The summed E-state index contributed by atoms with van der Waals surface area (Å²) in [5.41, 5.74) is 6.05. The van der Waals surface area contributed by atoms with Crippen LogP contribution in [-0.2, 0) is 0 Å². The topological polar surface area (TPSA) is 28.7 Å². The Bertz CT molecular complexity index is 1880. The summed E-state index contributed by atoms with van der Waals surface area (Å²) in [6.07, 6.45) is 0. The van der Waals surface area contributed by atoms with Crippen LogP contribution < -0.4 is 0 Å². The number of nitrogens with zero attached hydrogens (tertiary/aromatic N) is 2. The summed E-state index contributed by atoms with van der Waals surface area (Å²) in [6.45, 7) is 0. The monoisotopic (exact) mass is 450 g/mol. The largest absolute Gasteiger partial charge is 0.308 e. The molecule has 3 heteroatoms. The zero-order chi connectivity index (χ0) is 22.6. The van der Waals surface area contributed by atoms with Crippen LogP contribution >= 0.6 is 11.3 Å². The average molecular weight is 451 g/mol. The van der Waals surface area contributed by atoms with Crippen molar-refractivity contribution in [1.82, 2.24) is 4.57 Å². The maximum Gasteiger partial charge on any atom is 0.101 e. The van der Waals surface area contributed by atoms with Crippen molar-refractivity contribution in [2.45, 2.75) is 0 Å². The van der Waals surface area contributed by atoms with Crippen LogP contribution in [0.3, 0.4) is 0 Å². The quantitative estimate of drug-likeness (QED) is 0.259. The van der Waals surface area contributed by atoms with Gasteiger partial charge in [-0.3, -0.25) is 0 Å². The molecule has 0 bridgehead atoms. The Morgan fingerprint density at radius 2 is 1.15 bits per heavy atom. The second-order valence-electron chi connectivity index (χ2n) is 8.52. The van der Waals surface area contributed by atoms with E-state index in [-0.39, 0.29) is 0 Å². The lowest BCUT2D eigenvalue weighted by molar-refractivity contribution is 1.17. The smallest absolute Gasteiger partial charge is 0.101 e. The molecule has 2 heterocycles. The van der Waals surface area contributed by atoms with Gasteiger partial charge in [-0.1, -0.05) is 66.7 Å². The minimum absolute atomic E-state index is 0.664. The van der Waals surface area contributed by atoms with Crippen LogP contribution in [0.15, 0.2) is 109 Å². The fraction of sp³-hybridized carbons (Fsp3) is 0. The molecule has 7 aromatic rings. The summed E-state index contributed by atoms with van der Waals surface area (Å²) in [5.74, 6) is 0. The predicted molar refractivity (Wildman–Crippen MR) is 144 cm³/mol. The fourth-order valence-corrected chi connectivity index (χ4v) is 6.16. The lowest BCUT2D eigenvalue weighted by Crippen LogP contribution is -1.98. The van der Waals surface area contributed by atoms with E-state index in [1.165, 1.54) is 30.9 Å². The van der Waals surface area contributed by atoms with E-state index in [9.17, 15) is 5.26 Å². The van der Waals surface area contributed by atoms with Gasteiger partial charge < -0.3 is 4.57 Å². The molecule has 0 spiro atoms. The highest BCUT2D eigenvalue weighted by Gasteiger charge is 2.15. The number of benzene rings is 5. The maximum absolute atomic E-state index is 9.99. The van der Waals surface area contributed by atoms with Crippen LogP contribution in [-0.4, -0.2) is 4.57 Å². The van der Waals surface area contributed by atoms with E-state index >= 15 is 0 Å². The van der Waals surface area contributed by atoms with Crippen molar-refractivity contribution < 1.29 is 0 Å². The van der Waals surface area contributed by atoms with Crippen molar-refractivity contribution in [1.29, 1.82) is 5.26 Å². The van der Waals surface area contributed by atoms with Gasteiger partial charge in [0.25, 0.3) is 0 Å². The van der Waals surface area contributed by atoms with Crippen molar-refractivity contribution in [2.24, 2.45) is 0 Å². The molecule has 0 aliphatic rings. The van der Waals surface area contributed by atoms with E-state index in [1.807, 2.05) is 17.4 Å². The Morgan fingerprint density at radius 3 is 1.88 bits per heavy atom. The number of nitriles is 1. The van der Waals surface area contributed by atoms with Crippen LogP contribution in [0, 0.1) is 11.3 Å². The molecule has 34 heavy (non-hydrogen) atoms. The van der Waals surface area contributed by atoms with Gasteiger partial charge in [0, 0.05) is 30.9 Å². The van der Waals surface area contributed by atoms with Gasteiger partial charge in [-0.25, -0.2) is 0 Å². The molecular formula is C31H18N2S. The number of hydrogen-bond acceptors (Lipinski definition) is 2. The number of fused-ring (bicyclic) bond motifs is 6. The van der Waals surface area contributed by atoms with Crippen molar-refractivity contribution in [3.05, 3.63) is 115 Å². The molecule has 7 rings (SSSR count). The Labute approximate surface area is 200 Å². The first-order valence-electron chi connectivity index (χ1n) is 11.3. The summed E-state index contributed by atoms with van der Waals surface area (Å²) in [5, 5.41) is 14.9. The molecule has 0 aliphatic heterocycles. The van der Waals surface area contributed by atoms with Gasteiger partial charge in [-0.05, 0) is 53.6 Å². The first-order valence-corrected chi connectivity index (χ1v) is 12.1. The molecule has 0 aliphatic carbocycles. The molecule has 0 saturated carbocycles. The van der Waals surface area contributed by atoms with Crippen molar-refractivity contribution >= 4 is 53.3 Å². The second-order valence-corrected chi connectivity index (χ2v) is 9.61. The van der Waals surface area contributed by atoms with Gasteiger partial charge in [0.1, 0.15) is 6.07 Å². The van der Waals surface area contributed by atoms with Crippen LogP contribution in [0.4, 0.5) is 0 Å². The zero-order valence-electron chi connectivity index (χ0n) is 18.2. The summed E-state index contributed by atoms with van der Waals surface area (Å²) in [6, 6.07) is 40.7. The first-order chi connectivity index (χ1) is 16.8. The fourth-order valence-electron chi connectivity index (χ4n) is 5.08. The summed E-state index contributed by atoms with van der Waals surface area (Å²) in [7, 11) is 0. The highest BCUT2D eigenvalue weighted by molar-refractivity contribution is 7.25. The van der Waals surface area contributed by atoms with E-state index in [4.69, 9.17) is 0 Å². The minimum atomic E-state index is 0.664. The Kier molecular flexibility index (Phi) is 4.11. The molecule has 0 saturated heterocycles. The van der Waals surface area contributed by atoms with E-state index < -0.39 is 0 Å². The van der Waals surface area contributed by atoms with Crippen LogP contribution in [0.25, 0.3) is 58.8 Å². The summed E-state index contributed by atoms with van der Waals surface area (Å²) < 4.78 is 4.83. The van der Waals surface area contributed by atoms with Crippen LogP contribution in [0.1, 0.15) is 5.56 Å². The second kappa shape index (κ2) is 7.31. The van der Waals surface area contributed by atoms with Crippen molar-refractivity contribution in [3.8, 4) is 22.9 Å². The third-order valence-electron chi connectivity index (χ3n) is 6.65. The number of rotatable bonds is 2. The minimum Gasteiger partial charge on any atom is -0.308 e. The first kappa shape index (κ1) is 19.1. The van der Waals surface area contributed by atoms with Gasteiger partial charge in [0.05, 0.1) is 22.3 Å². The highest BCUT2D eigenvalue weighted by atomic mass is 32.1. The third kappa shape index (κ3) is 2.73.